The topological polar surface area (TPSA) is 151 Å². The van der Waals surface area contributed by atoms with Crippen LogP contribution >= 0.6 is 0 Å². The van der Waals surface area contributed by atoms with Crippen LogP contribution < -0.4 is 0 Å². The van der Waals surface area contributed by atoms with Gasteiger partial charge >= 0.3 is 11.9 Å². The molecule has 1 aliphatic rings. The van der Waals surface area contributed by atoms with Crippen LogP contribution in [0.4, 0.5) is 0 Å². The number of aliphatic hydroxyl groups excluding tert-OH is 4. The number of unbranched alkanes of at least 4 members (excludes halogenated alkanes) is 16. The molecule has 0 radical (unpaired) electrons. The van der Waals surface area contributed by atoms with Gasteiger partial charge in [0.2, 0.25) is 0 Å². The Morgan fingerprint density at radius 2 is 1.21 bits per heavy atom. The average Bonchev–Trinajstić information content (AvgIpc) is 3.37. The molecule has 1 saturated carbocycles. The lowest BCUT2D eigenvalue weighted by molar-refractivity contribution is -0.161. The number of ether oxygens (including phenoxy) is 2. The SMILES string of the molecule is CCCCC[C@H](O)/C=C/[C@@H]1[C@@H](CC(=O)CCCCC(=O)O[C@@H](CO)COC(=O)CCCCCCCCCCCCCCCCC(C)C)[C@@H](O)C[C@H]1O. The molecule has 1 rings (SSSR count). The van der Waals surface area contributed by atoms with Gasteiger partial charge in [-0.25, -0.2) is 0 Å². The van der Waals surface area contributed by atoms with Crippen molar-refractivity contribution in [2.75, 3.05) is 13.2 Å². The van der Waals surface area contributed by atoms with Crippen molar-refractivity contribution in [3.05, 3.63) is 12.2 Å². The van der Waals surface area contributed by atoms with E-state index in [9.17, 15) is 34.8 Å². The lowest BCUT2D eigenvalue weighted by atomic mass is 9.87. The van der Waals surface area contributed by atoms with Crippen LogP contribution in [0.2, 0.25) is 0 Å². The van der Waals surface area contributed by atoms with Crippen molar-refractivity contribution >= 4 is 17.7 Å². The number of rotatable bonds is 34. The van der Waals surface area contributed by atoms with Crippen molar-refractivity contribution in [3.63, 3.8) is 0 Å². The van der Waals surface area contributed by atoms with Gasteiger partial charge in [-0.05, 0) is 31.6 Å². The molecule has 4 N–H and O–H groups in total. The third-order valence-electron chi connectivity index (χ3n) is 10.5. The van der Waals surface area contributed by atoms with Gasteiger partial charge in [0.15, 0.2) is 6.10 Å². The molecule has 0 heterocycles. The minimum Gasteiger partial charge on any atom is -0.462 e. The number of carbonyl (C=O) groups is 3. The monoisotopic (exact) mass is 739 g/mol. The highest BCUT2D eigenvalue weighted by Crippen LogP contribution is 2.36. The van der Waals surface area contributed by atoms with Gasteiger partial charge in [-0.15, -0.1) is 0 Å². The van der Waals surface area contributed by atoms with Crippen molar-refractivity contribution in [2.45, 2.75) is 212 Å². The molecule has 1 aliphatic carbocycles. The molecule has 0 aromatic rings. The first-order valence-electron chi connectivity index (χ1n) is 21.3. The Morgan fingerprint density at radius 3 is 1.79 bits per heavy atom. The van der Waals surface area contributed by atoms with Crippen LogP contribution in [0.1, 0.15) is 188 Å². The zero-order chi connectivity index (χ0) is 38.4. The summed E-state index contributed by atoms with van der Waals surface area (Å²) in [5, 5.41) is 40.7. The Kier molecular flexibility index (Phi) is 29.2. The second kappa shape index (κ2) is 31.5. The van der Waals surface area contributed by atoms with Gasteiger partial charge in [-0.3, -0.25) is 14.4 Å². The number of carbonyl (C=O) groups excluding carboxylic acids is 3. The van der Waals surface area contributed by atoms with Crippen LogP contribution in [0, 0.1) is 17.8 Å². The highest BCUT2D eigenvalue weighted by atomic mass is 16.6. The summed E-state index contributed by atoms with van der Waals surface area (Å²) in [4.78, 5) is 37.2. The number of hydrogen-bond acceptors (Lipinski definition) is 9. The zero-order valence-corrected chi connectivity index (χ0v) is 33.3. The quantitative estimate of drug-likeness (QED) is 0.0289. The van der Waals surface area contributed by atoms with Crippen LogP contribution in [-0.2, 0) is 23.9 Å². The summed E-state index contributed by atoms with van der Waals surface area (Å²) in [5.41, 5.74) is 0. The van der Waals surface area contributed by atoms with Crippen molar-refractivity contribution in [1.29, 1.82) is 0 Å². The highest BCUT2D eigenvalue weighted by Gasteiger charge is 2.41. The molecule has 9 heteroatoms. The first kappa shape index (κ1) is 48.2. The van der Waals surface area contributed by atoms with Gasteiger partial charge in [0.05, 0.1) is 24.9 Å². The van der Waals surface area contributed by atoms with Crippen molar-refractivity contribution < 1.29 is 44.3 Å². The van der Waals surface area contributed by atoms with Crippen LogP contribution in [-0.4, -0.2) is 75.8 Å². The number of ketones is 1. The van der Waals surface area contributed by atoms with Crippen molar-refractivity contribution in [3.8, 4) is 0 Å². The highest BCUT2D eigenvalue weighted by molar-refractivity contribution is 5.79. The molecule has 0 aromatic heterocycles. The molecule has 1 fully saturated rings. The fourth-order valence-corrected chi connectivity index (χ4v) is 7.15. The van der Waals surface area contributed by atoms with Gasteiger partial charge in [0.1, 0.15) is 12.4 Å². The smallest absolute Gasteiger partial charge is 0.306 e. The summed E-state index contributed by atoms with van der Waals surface area (Å²) in [5.74, 6) is -0.892. The Bertz CT molecular complexity index is 936. The van der Waals surface area contributed by atoms with Gasteiger partial charge < -0.3 is 29.9 Å². The van der Waals surface area contributed by atoms with E-state index in [1.54, 1.807) is 12.2 Å². The van der Waals surface area contributed by atoms with Crippen LogP contribution in [0.3, 0.4) is 0 Å². The van der Waals surface area contributed by atoms with E-state index in [0.717, 1.165) is 44.4 Å². The largest absolute Gasteiger partial charge is 0.462 e. The summed E-state index contributed by atoms with van der Waals surface area (Å²) >= 11 is 0. The molecule has 304 valence electrons. The molecule has 6 atom stereocenters. The third kappa shape index (κ3) is 25.3. The first-order chi connectivity index (χ1) is 25.1. The Hall–Kier alpha value is -1.81. The Balaban J connectivity index is 2.10. The standard InChI is InChI=1S/C43H78O9/c1-4-5-18-24-35(45)28-29-38-39(41(48)31-40(38)47)30-36(46)25-21-22-27-43(50)52-37(32-44)33-51-42(49)26-20-17-15-13-11-9-7-6-8-10-12-14-16-19-23-34(2)3/h28-29,34-35,37-41,44-45,47-48H,4-27,30-33H2,1-3H3/b29-28+/t35-,37-,38+,39+,40+,41-/m0/s1. The average molecular weight is 739 g/mol. The van der Waals surface area contributed by atoms with Gasteiger partial charge in [-0.1, -0.05) is 142 Å². The fourth-order valence-electron chi connectivity index (χ4n) is 7.15. The predicted molar refractivity (Wildman–Crippen MR) is 208 cm³/mol. The molecular weight excluding hydrogens is 660 g/mol. The minimum atomic E-state index is -0.918. The normalized spacial score (nSPS) is 20.1. The van der Waals surface area contributed by atoms with Crippen LogP contribution in [0.25, 0.3) is 0 Å². The zero-order valence-electron chi connectivity index (χ0n) is 33.3. The van der Waals surface area contributed by atoms with Crippen LogP contribution in [0.5, 0.6) is 0 Å². The van der Waals surface area contributed by atoms with E-state index < -0.39 is 48.8 Å². The summed E-state index contributed by atoms with van der Waals surface area (Å²) in [6.45, 7) is 6.07. The molecule has 0 aliphatic heterocycles. The molecule has 9 nitrogen and oxygen atoms in total. The number of esters is 2. The van der Waals surface area contributed by atoms with Gasteiger partial charge in [-0.2, -0.15) is 0 Å². The fraction of sp³-hybridized carbons (Fsp3) is 0.884. The molecule has 0 unspecified atom stereocenters. The molecule has 0 saturated heterocycles. The summed E-state index contributed by atoms with van der Waals surface area (Å²) in [6.07, 6.45) is 24.7. The predicted octanol–water partition coefficient (Wildman–Crippen LogP) is 8.71. The second-order valence-electron chi connectivity index (χ2n) is 15.9. The van der Waals surface area contributed by atoms with Crippen LogP contribution in [0.15, 0.2) is 12.2 Å². The summed E-state index contributed by atoms with van der Waals surface area (Å²) < 4.78 is 10.5. The maximum absolute atomic E-state index is 12.7. The van der Waals surface area contributed by atoms with E-state index in [4.69, 9.17) is 9.47 Å². The molecule has 52 heavy (non-hydrogen) atoms. The molecule has 0 spiro atoms. The third-order valence-corrected chi connectivity index (χ3v) is 10.5. The lowest BCUT2D eigenvalue weighted by Gasteiger charge is -2.20. The summed E-state index contributed by atoms with van der Waals surface area (Å²) in [7, 11) is 0. The van der Waals surface area contributed by atoms with E-state index in [-0.39, 0.29) is 44.0 Å². The number of Topliss-reactive ketones (excluding diaryl/α,β-unsaturated/α-hetero) is 1. The van der Waals surface area contributed by atoms with E-state index in [1.807, 2.05) is 0 Å². The first-order valence-corrected chi connectivity index (χ1v) is 21.3. The molecule has 0 bridgehead atoms. The molecular formula is C43H78O9. The maximum Gasteiger partial charge on any atom is 0.306 e. The number of hydrogen-bond donors (Lipinski definition) is 4. The van der Waals surface area contributed by atoms with E-state index in [1.165, 1.54) is 77.0 Å². The minimum absolute atomic E-state index is 0.0484. The van der Waals surface area contributed by atoms with Gasteiger partial charge in [0, 0.05) is 43.9 Å². The Labute approximate surface area is 316 Å². The molecule has 0 aromatic carbocycles. The maximum atomic E-state index is 12.7. The van der Waals surface area contributed by atoms with E-state index in [0.29, 0.717) is 25.7 Å². The Morgan fingerprint density at radius 1 is 0.692 bits per heavy atom. The number of aliphatic hydroxyl groups is 4. The van der Waals surface area contributed by atoms with E-state index in [2.05, 4.69) is 20.8 Å². The molecule has 0 amide bonds. The van der Waals surface area contributed by atoms with Crippen molar-refractivity contribution in [2.24, 2.45) is 17.8 Å². The van der Waals surface area contributed by atoms with Gasteiger partial charge in [0.25, 0.3) is 0 Å². The van der Waals surface area contributed by atoms with E-state index >= 15 is 0 Å². The summed E-state index contributed by atoms with van der Waals surface area (Å²) in [6, 6.07) is 0. The lowest BCUT2D eigenvalue weighted by Crippen LogP contribution is -2.28. The second-order valence-corrected chi connectivity index (χ2v) is 15.9. The van der Waals surface area contributed by atoms with Crippen molar-refractivity contribution in [1.82, 2.24) is 0 Å².